The van der Waals surface area contributed by atoms with Gasteiger partial charge in [-0.3, -0.25) is 4.79 Å². The van der Waals surface area contributed by atoms with E-state index in [1.165, 1.54) is 16.5 Å². The van der Waals surface area contributed by atoms with Crippen LogP contribution in [-0.2, 0) is 10.2 Å². The van der Waals surface area contributed by atoms with Crippen LogP contribution in [-0.4, -0.2) is 24.9 Å². The first-order valence-electron chi connectivity index (χ1n) is 9.68. The van der Waals surface area contributed by atoms with Crippen molar-refractivity contribution in [2.75, 3.05) is 19.5 Å². The van der Waals surface area contributed by atoms with Gasteiger partial charge in [0.05, 0.1) is 14.2 Å². The molecule has 0 fully saturated rings. The Labute approximate surface area is 177 Å². The minimum atomic E-state index is -0.165. The fourth-order valence-corrected chi connectivity index (χ4v) is 5.64. The van der Waals surface area contributed by atoms with E-state index in [0.29, 0.717) is 11.5 Å². The van der Waals surface area contributed by atoms with E-state index in [-0.39, 0.29) is 16.1 Å². The van der Waals surface area contributed by atoms with Crippen molar-refractivity contribution >= 4 is 29.4 Å². The lowest BCUT2D eigenvalue weighted by atomic mass is 9.77. The molecule has 3 rings (SSSR count). The summed E-state index contributed by atoms with van der Waals surface area (Å²) < 4.78 is 10.8. The van der Waals surface area contributed by atoms with Crippen LogP contribution in [0, 0.1) is 0 Å². The molecule has 0 spiro atoms. The molecule has 154 valence electrons. The number of methoxy groups -OCH3 is 2. The van der Waals surface area contributed by atoms with Crippen molar-refractivity contribution in [2.24, 2.45) is 0 Å². The van der Waals surface area contributed by atoms with Crippen LogP contribution >= 0.6 is 11.8 Å². The predicted molar refractivity (Wildman–Crippen MR) is 121 cm³/mol. The molecule has 5 heteroatoms. The van der Waals surface area contributed by atoms with E-state index >= 15 is 0 Å². The average molecular weight is 412 g/mol. The number of fused-ring (bicyclic) bond motifs is 1. The van der Waals surface area contributed by atoms with Crippen LogP contribution in [0.2, 0.25) is 0 Å². The van der Waals surface area contributed by atoms with Gasteiger partial charge in [-0.1, -0.05) is 33.8 Å². The van der Waals surface area contributed by atoms with E-state index in [0.717, 1.165) is 17.7 Å². The van der Waals surface area contributed by atoms with Crippen molar-refractivity contribution in [3.05, 3.63) is 53.6 Å². The molecule has 0 atom stereocenters. The zero-order chi connectivity index (χ0) is 21.2. The molecular formula is C24H29NO3S. The smallest absolute Gasteiger partial charge is 0.248 e. The molecule has 0 saturated heterocycles. The predicted octanol–water partition coefficient (Wildman–Crippen LogP) is 5.91. The normalized spacial score (nSPS) is 16.9. The minimum Gasteiger partial charge on any atom is -0.493 e. The number of hydrogen-bond donors (Lipinski definition) is 1. The summed E-state index contributed by atoms with van der Waals surface area (Å²) in [5, 5.41) is 2.98. The average Bonchev–Trinajstić information content (AvgIpc) is 2.65. The molecular weight excluding hydrogens is 382 g/mol. The molecule has 1 amide bonds. The molecule has 0 unspecified atom stereocenters. The number of ether oxygens (including phenoxy) is 2. The van der Waals surface area contributed by atoms with E-state index in [1.54, 1.807) is 20.3 Å². The van der Waals surface area contributed by atoms with Crippen molar-refractivity contribution in [1.82, 2.24) is 0 Å². The molecule has 1 aliphatic heterocycles. The van der Waals surface area contributed by atoms with Gasteiger partial charge in [0.15, 0.2) is 11.5 Å². The van der Waals surface area contributed by atoms with E-state index in [2.05, 4.69) is 45.1 Å². The summed E-state index contributed by atoms with van der Waals surface area (Å²) in [6.07, 6.45) is 4.38. The summed E-state index contributed by atoms with van der Waals surface area (Å²) in [5.74, 6) is 1.13. The third-order valence-corrected chi connectivity index (χ3v) is 6.34. The van der Waals surface area contributed by atoms with Crippen molar-refractivity contribution in [3.63, 3.8) is 0 Å². The van der Waals surface area contributed by atoms with Gasteiger partial charge < -0.3 is 14.8 Å². The maximum Gasteiger partial charge on any atom is 0.248 e. The van der Waals surface area contributed by atoms with E-state index in [1.807, 2.05) is 36.0 Å². The first-order valence-corrected chi connectivity index (χ1v) is 10.5. The summed E-state index contributed by atoms with van der Waals surface area (Å²) in [4.78, 5) is 13.7. The first-order chi connectivity index (χ1) is 13.6. The second-order valence-corrected chi connectivity index (χ2v) is 10.3. The van der Waals surface area contributed by atoms with Crippen LogP contribution in [0.15, 0.2) is 47.4 Å². The maximum absolute atomic E-state index is 12.4. The molecule has 29 heavy (non-hydrogen) atoms. The Hall–Kier alpha value is -2.40. The fourth-order valence-electron chi connectivity index (χ4n) is 4.03. The highest BCUT2D eigenvalue weighted by Gasteiger charge is 2.38. The first kappa shape index (κ1) is 21.3. The zero-order valence-electron chi connectivity index (χ0n) is 18.0. The van der Waals surface area contributed by atoms with Crippen LogP contribution in [0.4, 0.5) is 5.69 Å². The molecule has 0 aromatic heterocycles. The molecule has 1 aliphatic rings. The molecule has 1 N–H and O–H groups in total. The van der Waals surface area contributed by atoms with E-state index < -0.39 is 0 Å². The second-order valence-electron chi connectivity index (χ2n) is 8.57. The Morgan fingerprint density at radius 2 is 1.76 bits per heavy atom. The highest BCUT2D eigenvalue weighted by atomic mass is 32.2. The zero-order valence-corrected chi connectivity index (χ0v) is 18.8. The number of thioether (sulfide) groups is 1. The van der Waals surface area contributed by atoms with Gasteiger partial charge in [-0.05, 0) is 59.4 Å². The Morgan fingerprint density at radius 1 is 1.03 bits per heavy atom. The van der Waals surface area contributed by atoms with Gasteiger partial charge in [0.2, 0.25) is 5.91 Å². The van der Waals surface area contributed by atoms with Crippen molar-refractivity contribution in [3.8, 4) is 11.5 Å². The number of amides is 1. The van der Waals surface area contributed by atoms with Crippen LogP contribution in [0.25, 0.3) is 6.08 Å². The minimum absolute atomic E-state index is 0.0698. The van der Waals surface area contributed by atoms with E-state index in [4.69, 9.17) is 9.47 Å². The Morgan fingerprint density at radius 3 is 2.45 bits per heavy atom. The number of nitrogens with one attached hydrogen (secondary N) is 1. The summed E-state index contributed by atoms with van der Waals surface area (Å²) >= 11 is 1.91. The molecule has 0 saturated carbocycles. The fraction of sp³-hybridized carbons (Fsp3) is 0.375. The number of carbonyl (C=O) groups is 1. The largest absolute Gasteiger partial charge is 0.493 e. The van der Waals surface area contributed by atoms with Gasteiger partial charge in [0.1, 0.15) is 0 Å². The quantitative estimate of drug-likeness (QED) is 0.622. The third-order valence-electron chi connectivity index (χ3n) is 5.06. The SMILES string of the molecule is COc1ccc(/C=C/C(=O)Nc2ccc3c(c2)C(C)(C)CC(C)(C)S3)cc1OC. The van der Waals surface area contributed by atoms with Gasteiger partial charge in [0.25, 0.3) is 0 Å². The standard InChI is InChI=1S/C24H29NO3S/c1-23(2)15-24(3,4)29-21-11-9-17(14-18(21)23)25-22(26)12-8-16-7-10-19(27-5)20(13-16)28-6/h7-14H,15H2,1-6H3,(H,25,26)/b12-8+. The van der Waals surface area contributed by atoms with Gasteiger partial charge in [-0.15, -0.1) is 11.8 Å². The van der Waals surface area contributed by atoms with Gasteiger partial charge in [0, 0.05) is 21.4 Å². The Bertz CT molecular complexity index is 947. The second kappa shape index (κ2) is 8.15. The third kappa shape index (κ3) is 4.96. The van der Waals surface area contributed by atoms with Crippen molar-refractivity contribution in [2.45, 2.75) is 49.2 Å². The Kier molecular flexibility index (Phi) is 5.99. The molecule has 2 aromatic carbocycles. The highest BCUT2D eigenvalue weighted by Crippen LogP contribution is 2.51. The number of hydrogen-bond acceptors (Lipinski definition) is 4. The van der Waals surface area contributed by atoms with E-state index in [9.17, 15) is 4.79 Å². The summed E-state index contributed by atoms with van der Waals surface area (Å²) in [6, 6.07) is 11.7. The summed E-state index contributed by atoms with van der Waals surface area (Å²) in [7, 11) is 3.19. The van der Waals surface area contributed by atoms with Crippen LogP contribution in [0.3, 0.4) is 0 Å². The molecule has 0 aliphatic carbocycles. The van der Waals surface area contributed by atoms with Gasteiger partial charge in [-0.25, -0.2) is 0 Å². The lowest BCUT2D eigenvalue weighted by Crippen LogP contribution is -2.33. The molecule has 0 radical (unpaired) electrons. The molecule has 4 nitrogen and oxygen atoms in total. The molecule has 1 heterocycles. The maximum atomic E-state index is 12.4. The van der Waals surface area contributed by atoms with Crippen LogP contribution in [0.5, 0.6) is 11.5 Å². The van der Waals surface area contributed by atoms with Crippen LogP contribution in [0.1, 0.15) is 45.2 Å². The van der Waals surface area contributed by atoms with Crippen molar-refractivity contribution < 1.29 is 14.3 Å². The summed E-state index contributed by atoms with van der Waals surface area (Å²) in [5.41, 5.74) is 3.05. The van der Waals surface area contributed by atoms with Gasteiger partial charge in [-0.2, -0.15) is 0 Å². The van der Waals surface area contributed by atoms with Gasteiger partial charge >= 0.3 is 0 Å². The molecule has 2 aromatic rings. The number of carbonyl (C=O) groups excluding carboxylic acids is 1. The number of benzene rings is 2. The molecule has 0 bridgehead atoms. The summed E-state index contributed by atoms with van der Waals surface area (Å²) in [6.45, 7) is 9.12. The van der Waals surface area contributed by atoms with Crippen LogP contribution < -0.4 is 14.8 Å². The number of rotatable bonds is 5. The van der Waals surface area contributed by atoms with Crippen molar-refractivity contribution in [1.29, 1.82) is 0 Å². The number of anilines is 1. The monoisotopic (exact) mass is 411 g/mol. The highest BCUT2D eigenvalue weighted by molar-refractivity contribution is 8.00. The topological polar surface area (TPSA) is 47.6 Å². The Balaban J connectivity index is 1.74. The lowest BCUT2D eigenvalue weighted by molar-refractivity contribution is -0.111. The lowest BCUT2D eigenvalue weighted by Gasteiger charge is -2.41.